The van der Waals surface area contributed by atoms with Crippen molar-refractivity contribution >= 4 is 0 Å². The molecule has 0 radical (unpaired) electrons. The predicted molar refractivity (Wildman–Crippen MR) is 60.0 cm³/mol. The van der Waals surface area contributed by atoms with E-state index in [1.54, 1.807) is 22.3 Å². The second kappa shape index (κ2) is 3.27. The van der Waals surface area contributed by atoms with Gasteiger partial charge in [-0.25, -0.2) is 0 Å². The van der Waals surface area contributed by atoms with Crippen LogP contribution in [0.3, 0.4) is 0 Å². The highest BCUT2D eigenvalue weighted by atomic mass is 14.2. The van der Waals surface area contributed by atoms with E-state index in [2.05, 4.69) is 24.3 Å². The lowest BCUT2D eigenvalue weighted by atomic mass is 10.2. The molecule has 0 saturated heterocycles. The van der Waals surface area contributed by atoms with Crippen LogP contribution in [-0.4, -0.2) is 0 Å². The zero-order valence-electron chi connectivity index (χ0n) is 8.55. The molecule has 0 aliphatic heterocycles. The van der Waals surface area contributed by atoms with Crippen LogP contribution in [0.15, 0.2) is 46.6 Å². The maximum atomic E-state index is 2.26. The largest absolute Gasteiger partial charge is 0.0658 e. The third kappa shape index (κ3) is 1.50. The van der Waals surface area contributed by atoms with E-state index in [0.717, 1.165) is 0 Å². The summed E-state index contributed by atoms with van der Waals surface area (Å²) in [6, 6.07) is 0. The van der Waals surface area contributed by atoms with Crippen LogP contribution >= 0.6 is 0 Å². The molecule has 0 amide bonds. The number of rotatable bonds is 0. The van der Waals surface area contributed by atoms with E-state index in [0.29, 0.717) is 0 Å². The van der Waals surface area contributed by atoms with Crippen LogP contribution in [0.5, 0.6) is 0 Å². The van der Waals surface area contributed by atoms with Gasteiger partial charge in [0.05, 0.1) is 0 Å². The summed E-state index contributed by atoms with van der Waals surface area (Å²) >= 11 is 0. The molecule has 4 aliphatic carbocycles. The molecule has 4 aliphatic rings. The Morgan fingerprint density at radius 3 is 0.857 bits per heavy atom. The van der Waals surface area contributed by atoms with Gasteiger partial charge in [-0.1, -0.05) is 46.6 Å². The van der Waals surface area contributed by atoms with E-state index < -0.39 is 0 Å². The highest BCUT2D eigenvalue weighted by Gasteiger charge is 2.15. The lowest BCUT2D eigenvalue weighted by Crippen LogP contribution is -1.67. The zero-order chi connectivity index (χ0) is 9.38. The van der Waals surface area contributed by atoms with Crippen LogP contribution in [0.2, 0.25) is 0 Å². The summed E-state index contributed by atoms with van der Waals surface area (Å²) in [6.45, 7) is 0. The van der Waals surface area contributed by atoms with Gasteiger partial charge in [-0.15, -0.1) is 0 Å². The van der Waals surface area contributed by atoms with Crippen molar-refractivity contribution in [1.29, 1.82) is 0 Å². The van der Waals surface area contributed by atoms with Gasteiger partial charge >= 0.3 is 0 Å². The van der Waals surface area contributed by atoms with Crippen LogP contribution < -0.4 is 0 Å². The topological polar surface area (TPSA) is 0 Å². The third-order valence-corrected chi connectivity index (χ3v) is 3.55. The molecule has 0 heteroatoms. The summed E-state index contributed by atoms with van der Waals surface area (Å²) in [5.74, 6) is 0. The minimum Gasteiger partial charge on any atom is -0.0658 e. The van der Waals surface area contributed by atoms with E-state index in [1.165, 1.54) is 38.5 Å². The summed E-state index contributed by atoms with van der Waals surface area (Å²) in [4.78, 5) is 0. The Kier molecular flexibility index (Phi) is 1.93. The molecule has 2 fully saturated rings. The standard InChI is InChI=1S/2C7H8/c2*1-2-7-4-3-6(1)5-7/h2*1-2H,3-5H2. The SMILES string of the molecule is C1=C2CCC(=C1)C2.C1=C2CCC(=C1)C2. The Morgan fingerprint density at radius 1 is 0.500 bits per heavy atom. The average molecular weight is 184 g/mol. The maximum absolute atomic E-state index is 2.26. The first-order valence-corrected chi connectivity index (χ1v) is 5.65. The van der Waals surface area contributed by atoms with Gasteiger partial charge in [-0.2, -0.15) is 0 Å². The summed E-state index contributed by atoms with van der Waals surface area (Å²) in [7, 11) is 0. The van der Waals surface area contributed by atoms with Gasteiger partial charge in [-0.05, 0) is 38.5 Å². The van der Waals surface area contributed by atoms with Crippen LogP contribution in [0, 0.1) is 0 Å². The third-order valence-electron chi connectivity index (χ3n) is 3.55. The van der Waals surface area contributed by atoms with E-state index >= 15 is 0 Å². The van der Waals surface area contributed by atoms with Gasteiger partial charge in [0, 0.05) is 0 Å². The maximum Gasteiger partial charge on any atom is -0.0102 e. The molecule has 0 N–H and O–H groups in total. The van der Waals surface area contributed by atoms with Crippen molar-refractivity contribution < 1.29 is 0 Å². The minimum atomic E-state index is 1.31. The molecule has 14 heavy (non-hydrogen) atoms. The molecule has 4 bridgehead atoms. The summed E-state index contributed by atoms with van der Waals surface area (Å²) in [6.07, 6.45) is 17.1. The Balaban J connectivity index is 0.0000000914. The molecule has 0 unspecified atom stereocenters. The van der Waals surface area contributed by atoms with Crippen molar-refractivity contribution in [2.24, 2.45) is 0 Å². The Morgan fingerprint density at radius 2 is 0.786 bits per heavy atom. The molecular weight excluding hydrogens is 168 g/mol. The smallest absolute Gasteiger partial charge is 0.0102 e. The Labute approximate surface area is 85.7 Å². The molecule has 0 nitrogen and oxygen atoms in total. The lowest BCUT2D eigenvalue weighted by molar-refractivity contribution is 1.04. The summed E-state index contributed by atoms with van der Waals surface area (Å²) in [5, 5.41) is 0. The zero-order valence-corrected chi connectivity index (χ0v) is 8.55. The van der Waals surface area contributed by atoms with Gasteiger partial charge in [0.2, 0.25) is 0 Å². The highest BCUT2D eigenvalue weighted by molar-refractivity contribution is 5.36. The Hall–Kier alpha value is -1.04. The second-order valence-corrected chi connectivity index (χ2v) is 4.65. The van der Waals surface area contributed by atoms with Crippen LogP contribution in [0.1, 0.15) is 38.5 Å². The number of hydrogen-bond donors (Lipinski definition) is 0. The van der Waals surface area contributed by atoms with E-state index in [9.17, 15) is 0 Å². The van der Waals surface area contributed by atoms with Crippen molar-refractivity contribution in [3.8, 4) is 0 Å². The highest BCUT2D eigenvalue weighted by Crippen LogP contribution is 2.34. The number of hydrogen-bond acceptors (Lipinski definition) is 0. The molecule has 0 spiro atoms. The van der Waals surface area contributed by atoms with Crippen molar-refractivity contribution in [2.45, 2.75) is 38.5 Å². The minimum absolute atomic E-state index is 1.31. The van der Waals surface area contributed by atoms with Crippen molar-refractivity contribution in [2.75, 3.05) is 0 Å². The first kappa shape index (κ1) is 8.28. The van der Waals surface area contributed by atoms with E-state index in [1.807, 2.05) is 0 Å². The molecule has 0 heterocycles. The molecule has 4 rings (SSSR count). The average Bonchev–Trinajstić information content (AvgIpc) is 3.01. The van der Waals surface area contributed by atoms with Crippen LogP contribution in [-0.2, 0) is 0 Å². The number of fused-ring (bicyclic) bond motifs is 4. The van der Waals surface area contributed by atoms with Gasteiger partial charge in [0.25, 0.3) is 0 Å². The van der Waals surface area contributed by atoms with Crippen molar-refractivity contribution in [3.63, 3.8) is 0 Å². The first-order chi connectivity index (χ1) is 6.90. The molecule has 72 valence electrons. The van der Waals surface area contributed by atoms with Crippen molar-refractivity contribution in [3.05, 3.63) is 46.6 Å². The molecular formula is C14H16. The Bertz CT molecular complexity index is 301. The normalized spacial score (nSPS) is 25.1. The molecule has 0 aromatic rings. The fourth-order valence-electron chi connectivity index (χ4n) is 2.62. The quantitative estimate of drug-likeness (QED) is 0.532. The van der Waals surface area contributed by atoms with E-state index in [-0.39, 0.29) is 0 Å². The van der Waals surface area contributed by atoms with Crippen molar-refractivity contribution in [1.82, 2.24) is 0 Å². The molecule has 2 saturated carbocycles. The van der Waals surface area contributed by atoms with Crippen LogP contribution in [0.25, 0.3) is 0 Å². The monoisotopic (exact) mass is 184 g/mol. The predicted octanol–water partition coefficient (Wildman–Crippen LogP) is 4.07. The van der Waals surface area contributed by atoms with Gasteiger partial charge in [-0.3, -0.25) is 0 Å². The summed E-state index contributed by atoms with van der Waals surface area (Å²) in [5.41, 5.74) is 6.59. The number of allylic oxidation sites excluding steroid dienone is 8. The second-order valence-electron chi connectivity index (χ2n) is 4.65. The fourth-order valence-corrected chi connectivity index (χ4v) is 2.62. The van der Waals surface area contributed by atoms with Crippen LogP contribution in [0.4, 0.5) is 0 Å². The first-order valence-electron chi connectivity index (χ1n) is 5.65. The fraction of sp³-hybridized carbons (Fsp3) is 0.429. The van der Waals surface area contributed by atoms with E-state index in [4.69, 9.17) is 0 Å². The summed E-state index contributed by atoms with van der Waals surface area (Å²) < 4.78 is 0. The molecule has 0 aromatic carbocycles. The lowest BCUT2D eigenvalue weighted by Gasteiger charge is -1.87. The molecule has 0 aromatic heterocycles. The van der Waals surface area contributed by atoms with Gasteiger partial charge in [0.1, 0.15) is 0 Å². The van der Waals surface area contributed by atoms with Gasteiger partial charge in [0.15, 0.2) is 0 Å². The molecule has 0 atom stereocenters. The van der Waals surface area contributed by atoms with Gasteiger partial charge < -0.3 is 0 Å².